The summed E-state index contributed by atoms with van der Waals surface area (Å²) < 4.78 is 30.8. The van der Waals surface area contributed by atoms with E-state index in [2.05, 4.69) is 6.07 Å². The molecule has 2 heterocycles. The van der Waals surface area contributed by atoms with Gasteiger partial charge in [0.2, 0.25) is 11.0 Å². The highest BCUT2D eigenvalue weighted by molar-refractivity contribution is 7.90. The summed E-state index contributed by atoms with van der Waals surface area (Å²) in [5.74, 6) is 0. The molecule has 0 N–H and O–H groups in total. The van der Waals surface area contributed by atoms with Crippen molar-refractivity contribution in [1.82, 2.24) is 3.97 Å². The van der Waals surface area contributed by atoms with Gasteiger partial charge < -0.3 is 12.4 Å². The highest BCUT2D eigenvalue weighted by Crippen LogP contribution is 2.33. The van der Waals surface area contributed by atoms with Crippen molar-refractivity contribution in [2.45, 2.75) is 11.8 Å². The van der Waals surface area contributed by atoms with E-state index in [0.717, 1.165) is 27.4 Å². The lowest BCUT2D eigenvalue weighted by atomic mass is 10.1. The van der Waals surface area contributed by atoms with Crippen molar-refractivity contribution < 1.29 is 25.4 Å². The van der Waals surface area contributed by atoms with Crippen molar-refractivity contribution in [3.8, 4) is 6.07 Å². The molecule has 5 rings (SSSR count). The molecule has 0 unspecified atom stereocenters. The van der Waals surface area contributed by atoms with Gasteiger partial charge in [0.15, 0.2) is 0 Å². The quantitative estimate of drug-likeness (QED) is 0.382. The molecule has 0 saturated carbocycles. The second-order valence-corrected chi connectivity index (χ2v) is 9.21. The molecule has 0 spiro atoms. The fourth-order valence-electron chi connectivity index (χ4n) is 4.07. The molecule has 0 aliphatic carbocycles. The minimum absolute atomic E-state index is 0. The summed E-state index contributed by atoms with van der Waals surface area (Å²) >= 11 is 0. The molecule has 3 aromatic carbocycles. The molecule has 0 aliphatic rings. The molecule has 0 radical (unpaired) electrons. The van der Waals surface area contributed by atoms with Gasteiger partial charge in [-0.3, -0.25) is 0 Å². The summed E-state index contributed by atoms with van der Waals surface area (Å²) in [6.45, 7) is 1.92. The zero-order chi connectivity index (χ0) is 21.0. The number of fused-ring (bicyclic) bond motifs is 4. The van der Waals surface area contributed by atoms with Crippen molar-refractivity contribution in [2.75, 3.05) is 0 Å². The van der Waals surface area contributed by atoms with Crippen LogP contribution in [0.2, 0.25) is 0 Å². The normalized spacial score (nSPS) is 11.5. The summed E-state index contributed by atoms with van der Waals surface area (Å²) in [5.41, 5.74) is 4.38. The number of benzene rings is 3. The van der Waals surface area contributed by atoms with E-state index in [9.17, 15) is 13.7 Å². The van der Waals surface area contributed by atoms with Gasteiger partial charge in [0, 0.05) is 11.5 Å². The van der Waals surface area contributed by atoms with Gasteiger partial charge in [-0.1, -0.05) is 29.8 Å². The van der Waals surface area contributed by atoms with Crippen molar-refractivity contribution >= 4 is 42.9 Å². The van der Waals surface area contributed by atoms with E-state index in [0.29, 0.717) is 16.6 Å². The molecule has 7 heteroatoms. The Morgan fingerprint density at radius 2 is 1.65 bits per heavy atom. The van der Waals surface area contributed by atoms with Crippen LogP contribution >= 0.6 is 0 Å². The van der Waals surface area contributed by atoms with Crippen LogP contribution in [0.25, 0.3) is 32.8 Å². The molecule has 5 nitrogen and oxygen atoms in total. The van der Waals surface area contributed by atoms with Gasteiger partial charge in [-0.2, -0.15) is 9.83 Å². The molecule has 2 aromatic heterocycles. The van der Waals surface area contributed by atoms with Gasteiger partial charge in [-0.05, 0) is 49.4 Å². The van der Waals surface area contributed by atoms with Crippen LogP contribution in [-0.2, 0) is 17.1 Å². The SMILES string of the molecule is Cc1ccc(S(=O)(=O)n2c3ccc(C#N)cc3c3c2cc2ccccc2[n+]3C)cc1.[Cl-]. The number of hydrogen-bond acceptors (Lipinski definition) is 3. The van der Waals surface area contributed by atoms with Crippen LogP contribution in [0.3, 0.4) is 0 Å². The predicted octanol–water partition coefficient (Wildman–Crippen LogP) is 1.19. The Kier molecular flexibility index (Phi) is 4.97. The predicted molar refractivity (Wildman–Crippen MR) is 117 cm³/mol. The Hall–Kier alpha value is -3.40. The van der Waals surface area contributed by atoms with E-state index in [1.807, 2.05) is 48.9 Å². The fraction of sp³-hybridized carbons (Fsp3) is 0.0833. The van der Waals surface area contributed by atoms with Crippen LogP contribution in [0.4, 0.5) is 0 Å². The third-order valence-electron chi connectivity index (χ3n) is 5.55. The molecule has 31 heavy (non-hydrogen) atoms. The maximum Gasteiger partial charge on any atom is 0.268 e. The average molecular weight is 448 g/mol. The van der Waals surface area contributed by atoms with Crippen LogP contribution in [-0.4, -0.2) is 12.4 Å². The first-order valence-electron chi connectivity index (χ1n) is 9.50. The van der Waals surface area contributed by atoms with E-state index in [4.69, 9.17) is 0 Å². The van der Waals surface area contributed by atoms with Gasteiger partial charge in [-0.15, -0.1) is 0 Å². The second-order valence-electron chi connectivity index (χ2n) is 7.42. The number of nitriles is 1. The summed E-state index contributed by atoms with van der Waals surface area (Å²) in [6.07, 6.45) is 0. The average Bonchev–Trinajstić information content (AvgIpc) is 3.08. The second kappa shape index (κ2) is 7.38. The highest BCUT2D eigenvalue weighted by atomic mass is 35.5. The van der Waals surface area contributed by atoms with E-state index in [-0.39, 0.29) is 17.3 Å². The number of para-hydroxylation sites is 1. The van der Waals surface area contributed by atoms with Crippen LogP contribution in [0.1, 0.15) is 11.1 Å². The first-order valence-corrected chi connectivity index (χ1v) is 10.9. The third kappa shape index (κ3) is 3.05. The lowest BCUT2D eigenvalue weighted by molar-refractivity contribution is -0.616. The number of pyridine rings is 1. The number of hydrogen-bond donors (Lipinski definition) is 0. The highest BCUT2D eigenvalue weighted by Gasteiger charge is 2.28. The van der Waals surface area contributed by atoms with Gasteiger partial charge in [0.25, 0.3) is 10.0 Å². The van der Waals surface area contributed by atoms with Gasteiger partial charge in [-0.25, -0.2) is 12.4 Å². The lowest BCUT2D eigenvalue weighted by Crippen LogP contribution is -3.00. The van der Waals surface area contributed by atoms with Crippen molar-refractivity contribution in [2.24, 2.45) is 7.05 Å². The zero-order valence-electron chi connectivity index (χ0n) is 16.9. The van der Waals surface area contributed by atoms with E-state index in [1.165, 1.54) is 3.97 Å². The molecular weight excluding hydrogens is 430 g/mol. The number of halogens is 1. The summed E-state index contributed by atoms with van der Waals surface area (Å²) in [6, 6.07) is 23.9. The Morgan fingerprint density at radius 3 is 2.35 bits per heavy atom. The van der Waals surface area contributed by atoms with Crippen LogP contribution < -0.4 is 17.0 Å². The van der Waals surface area contributed by atoms with Gasteiger partial charge >= 0.3 is 0 Å². The topological polar surface area (TPSA) is 66.7 Å². The first kappa shape index (κ1) is 20.9. The Labute approximate surface area is 186 Å². The van der Waals surface area contributed by atoms with Gasteiger partial charge in [0.05, 0.1) is 27.4 Å². The summed E-state index contributed by atoms with van der Waals surface area (Å²) in [7, 11) is -1.93. The standard InChI is InChI=1S/C24H18N3O2S.ClH/c1-16-7-10-19(11-8-16)30(28,29)27-22-12-9-17(15-25)13-20(22)24-23(27)14-18-5-3-4-6-21(18)26(24)2;/h3-14H,1-2H3;1H/q+1;/p-1. The molecule has 0 amide bonds. The molecule has 154 valence electrons. The van der Waals surface area contributed by atoms with Crippen molar-refractivity contribution in [1.29, 1.82) is 5.26 Å². The molecule has 0 bridgehead atoms. The lowest BCUT2D eigenvalue weighted by Gasteiger charge is -2.09. The molecule has 5 aromatic rings. The minimum Gasteiger partial charge on any atom is -1.00 e. The Morgan fingerprint density at radius 1 is 0.935 bits per heavy atom. The third-order valence-corrected chi connectivity index (χ3v) is 7.29. The van der Waals surface area contributed by atoms with E-state index >= 15 is 0 Å². The Bertz CT molecular complexity index is 1630. The molecular formula is C24H18ClN3O2S. The van der Waals surface area contributed by atoms with E-state index in [1.54, 1.807) is 42.5 Å². The fourth-order valence-corrected chi connectivity index (χ4v) is 5.58. The summed E-state index contributed by atoms with van der Waals surface area (Å²) in [5, 5.41) is 11.1. The van der Waals surface area contributed by atoms with Crippen molar-refractivity contribution in [3.63, 3.8) is 0 Å². The summed E-state index contributed by atoms with van der Waals surface area (Å²) in [4.78, 5) is 0.229. The van der Waals surface area contributed by atoms with Gasteiger partial charge in [0.1, 0.15) is 12.6 Å². The van der Waals surface area contributed by atoms with Crippen molar-refractivity contribution in [3.05, 3.63) is 83.9 Å². The van der Waals surface area contributed by atoms with Crippen LogP contribution in [0.15, 0.2) is 77.7 Å². The number of aryl methyl sites for hydroxylation is 2. The minimum atomic E-state index is -3.85. The molecule has 0 atom stereocenters. The number of nitrogens with zero attached hydrogens (tertiary/aromatic N) is 3. The number of rotatable bonds is 2. The smallest absolute Gasteiger partial charge is 0.268 e. The monoisotopic (exact) mass is 447 g/mol. The molecule has 0 saturated heterocycles. The Balaban J connectivity index is 0.00000231. The molecule has 0 aliphatic heterocycles. The van der Waals surface area contributed by atoms with E-state index < -0.39 is 10.0 Å². The zero-order valence-corrected chi connectivity index (χ0v) is 18.4. The maximum atomic E-state index is 13.7. The maximum absolute atomic E-state index is 13.7. The largest absolute Gasteiger partial charge is 1.00 e. The van der Waals surface area contributed by atoms with Crippen LogP contribution in [0, 0.1) is 18.3 Å². The number of aromatic nitrogens is 2. The first-order chi connectivity index (χ1) is 14.4. The molecule has 0 fully saturated rings. The van der Waals surface area contributed by atoms with Crippen LogP contribution in [0.5, 0.6) is 0 Å².